The molecular formula is C48H52IrN4-2. The van der Waals surface area contributed by atoms with Crippen LogP contribution in [0.15, 0.2) is 134 Å². The van der Waals surface area contributed by atoms with E-state index in [0.29, 0.717) is 0 Å². The van der Waals surface area contributed by atoms with Gasteiger partial charge in [-0.1, -0.05) is 114 Å². The van der Waals surface area contributed by atoms with E-state index >= 15 is 0 Å². The second-order valence-electron chi connectivity index (χ2n) is 13.7. The van der Waals surface area contributed by atoms with E-state index in [4.69, 9.17) is 0 Å². The molecule has 0 saturated carbocycles. The summed E-state index contributed by atoms with van der Waals surface area (Å²) in [5.41, 5.74) is 7.18. The molecule has 1 radical (unpaired) electrons. The number of hydrogen-bond acceptors (Lipinski definition) is 2. The van der Waals surface area contributed by atoms with Gasteiger partial charge in [0.15, 0.2) is 0 Å². The molecule has 4 nitrogen and oxygen atoms in total. The maximum atomic E-state index is 4.57. The van der Waals surface area contributed by atoms with Crippen molar-refractivity contribution in [3.63, 3.8) is 0 Å². The predicted octanol–water partition coefficient (Wildman–Crippen LogP) is 12.8. The number of hydrogen-bond donors (Lipinski definition) is 0. The van der Waals surface area contributed by atoms with E-state index in [9.17, 15) is 0 Å². The van der Waals surface area contributed by atoms with E-state index in [0.717, 1.165) is 47.3 Å². The Bertz CT molecular complexity index is 2080. The Balaban J connectivity index is 0.000000253. The Morgan fingerprint density at radius 3 is 2.00 bits per heavy atom. The smallest absolute Gasteiger partial charge is 0.0602 e. The third-order valence-electron chi connectivity index (χ3n) is 10.0. The Morgan fingerprint density at radius 1 is 0.623 bits per heavy atom. The van der Waals surface area contributed by atoms with Gasteiger partial charge in [-0.25, -0.2) is 0 Å². The summed E-state index contributed by atoms with van der Waals surface area (Å²) < 4.78 is 4.35. The number of nitrogens with zero attached hydrogens (tertiary/aromatic N) is 4. The summed E-state index contributed by atoms with van der Waals surface area (Å²) in [5.74, 6) is 2.69. The second kappa shape index (κ2) is 20.6. The molecule has 1 atom stereocenters. The molecule has 0 saturated heterocycles. The molecule has 0 bridgehead atoms. The van der Waals surface area contributed by atoms with E-state index in [2.05, 4.69) is 125 Å². The molecule has 7 rings (SSSR count). The van der Waals surface area contributed by atoms with Crippen molar-refractivity contribution in [2.24, 2.45) is 5.92 Å². The van der Waals surface area contributed by atoms with E-state index in [1.165, 1.54) is 78.8 Å². The van der Waals surface area contributed by atoms with Gasteiger partial charge in [0.25, 0.3) is 0 Å². The number of unbranched alkanes of at least 4 members (excludes halogenated alkanes) is 4. The average Bonchev–Trinajstić information content (AvgIpc) is 3.90. The second-order valence-corrected chi connectivity index (χ2v) is 13.7. The zero-order valence-corrected chi connectivity index (χ0v) is 33.9. The zero-order valence-electron chi connectivity index (χ0n) is 31.5. The maximum Gasteiger partial charge on any atom is 0.0602 e. The first-order valence-corrected chi connectivity index (χ1v) is 19.3. The molecule has 0 aliphatic carbocycles. The van der Waals surface area contributed by atoms with Gasteiger partial charge in [0, 0.05) is 57.1 Å². The van der Waals surface area contributed by atoms with Crippen LogP contribution >= 0.6 is 0 Å². The fraction of sp³-hybridized carbons (Fsp3) is 0.292. The van der Waals surface area contributed by atoms with Crippen LogP contribution in [-0.4, -0.2) is 19.1 Å². The molecule has 0 aliphatic rings. The fourth-order valence-electron chi connectivity index (χ4n) is 7.08. The number of fused-ring (bicyclic) bond motifs is 1. The van der Waals surface area contributed by atoms with E-state index in [1.54, 1.807) is 0 Å². The summed E-state index contributed by atoms with van der Waals surface area (Å²) in [6.45, 7) is 7.91. The Kier molecular flexibility index (Phi) is 15.4. The Morgan fingerprint density at radius 2 is 1.30 bits per heavy atom. The van der Waals surface area contributed by atoms with Crippen molar-refractivity contribution in [1.82, 2.24) is 19.1 Å². The van der Waals surface area contributed by atoms with Crippen molar-refractivity contribution in [3.8, 4) is 39.6 Å². The van der Waals surface area contributed by atoms with Crippen LogP contribution in [0.1, 0.15) is 77.7 Å². The molecule has 0 aliphatic heterocycles. The maximum absolute atomic E-state index is 4.57. The van der Waals surface area contributed by atoms with Gasteiger partial charge in [-0.15, -0.1) is 71.8 Å². The molecule has 7 aromatic rings. The number of aromatic nitrogens is 4. The monoisotopic (exact) mass is 877 g/mol. The van der Waals surface area contributed by atoms with Gasteiger partial charge in [-0.05, 0) is 58.4 Å². The van der Waals surface area contributed by atoms with Crippen molar-refractivity contribution >= 4 is 10.8 Å². The summed E-state index contributed by atoms with van der Waals surface area (Å²) in [4.78, 5) is 8.99. The fourth-order valence-corrected chi connectivity index (χ4v) is 7.08. The number of imidazole rings is 2. The molecular weight excluding hydrogens is 825 g/mol. The van der Waals surface area contributed by atoms with Gasteiger partial charge in [0.2, 0.25) is 0 Å². The molecule has 53 heavy (non-hydrogen) atoms. The zero-order chi connectivity index (χ0) is 36.0. The first-order valence-electron chi connectivity index (χ1n) is 19.3. The van der Waals surface area contributed by atoms with Crippen LogP contribution in [0, 0.1) is 18.1 Å². The van der Waals surface area contributed by atoms with E-state index < -0.39 is 0 Å². The van der Waals surface area contributed by atoms with Crippen LogP contribution < -0.4 is 0 Å². The normalized spacial score (nSPS) is 11.5. The Hall–Kier alpha value is -4.57. The molecule has 275 valence electrons. The number of rotatable bonds is 15. The molecule has 0 N–H and O–H groups in total. The first-order chi connectivity index (χ1) is 25.7. The summed E-state index contributed by atoms with van der Waals surface area (Å²) in [5, 5.41) is 2.73. The van der Waals surface area contributed by atoms with Crippen LogP contribution in [0.5, 0.6) is 0 Å². The van der Waals surface area contributed by atoms with Crippen LogP contribution in [0.2, 0.25) is 0 Å². The Labute approximate surface area is 330 Å². The molecule has 0 amide bonds. The van der Waals surface area contributed by atoms with Gasteiger partial charge in [0.05, 0.1) is 11.6 Å². The molecule has 0 fully saturated rings. The van der Waals surface area contributed by atoms with Crippen molar-refractivity contribution in [2.75, 3.05) is 0 Å². The average molecular weight is 877 g/mol. The quantitative estimate of drug-likeness (QED) is 0.0760. The van der Waals surface area contributed by atoms with E-state index in [1.807, 2.05) is 61.1 Å². The predicted molar refractivity (Wildman–Crippen MR) is 218 cm³/mol. The van der Waals surface area contributed by atoms with Crippen molar-refractivity contribution in [2.45, 2.75) is 85.1 Å². The third-order valence-corrected chi connectivity index (χ3v) is 10.0. The van der Waals surface area contributed by atoms with Gasteiger partial charge in [0.1, 0.15) is 0 Å². The molecule has 0 spiro atoms. The van der Waals surface area contributed by atoms with Crippen LogP contribution in [0.4, 0.5) is 0 Å². The number of benzene rings is 5. The third kappa shape index (κ3) is 10.3. The van der Waals surface area contributed by atoms with E-state index in [-0.39, 0.29) is 20.1 Å². The van der Waals surface area contributed by atoms with Crippen molar-refractivity contribution < 1.29 is 20.1 Å². The molecule has 5 aromatic carbocycles. The molecule has 2 heterocycles. The summed E-state index contributed by atoms with van der Waals surface area (Å²) >= 11 is 0. The first kappa shape index (κ1) is 39.6. The molecule has 2 aromatic heterocycles. The largest absolute Gasteiger partial charge is 0.371 e. The summed E-state index contributed by atoms with van der Waals surface area (Å²) in [6, 6.07) is 44.9. The molecule has 5 heteroatoms. The van der Waals surface area contributed by atoms with Crippen LogP contribution in [0.25, 0.3) is 50.4 Å². The minimum absolute atomic E-state index is 0. The standard InChI is InChI=1S/C33H33N2.C15H19N2.Ir/c1-3-5-11-25(4-2)24-28-14-9-17-32-30(15-10-16-31(28)32)26-18-20-29(21-19-26)35-23-22-34-33(35)27-12-7-6-8-13-27;1-2-3-4-8-12-17-13-11-16-15(17)14-9-6-5-7-10-14;/h6-10,12,14-23,25H,3-5,11,24H2,1-2H3;5-7,9,11,13H,2-4,8,12H2,1H3;/q2*-1;. The van der Waals surface area contributed by atoms with Crippen molar-refractivity contribution in [3.05, 3.63) is 152 Å². The van der Waals surface area contributed by atoms with Gasteiger partial charge >= 0.3 is 0 Å². The van der Waals surface area contributed by atoms with Gasteiger partial charge in [-0.2, -0.15) is 0 Å². The minimum atomic E-state index is 0. The SMILES string of the molecule is CCCCC(CC)Cc1cccc2c(-c3ccc(-n4ccnc4-c4[c-]cccc4)cc3)cccc12.CCCCCCn1ccnc1-c1[c-]cccc1.[Ir]. The summed E-state index contributed by atoms with van der Waals surface area (Å²) in [7, 11) is 0. The van der Waals surface area contributed by atoms with Crippen LogP contribution in [-0.2, 0) is 33.1 Å². The van der Waals surface area contributed by atoms with Crippen molar-refractivity contribution in [1.29, 1.82) is 0 Å². The van der Waals surface area contributed by atoms with Crippen LogP contribution in [0.3, 0.4) is 0 Å². The van der Waals surface area contributed by atoms with Gasteiger partial charge in [-0.3, -0.25) is 9.97 Å². The topological polar surface area (TPSA) is 35.6 Å². The molecule has 1 unspecified atom stereocenters. The minimum Gasteiger partial charge on any atom is -0.371 e. The van der Waals surface area contributed by atoms with Gasteiger partial charge < -0.3 is 9.13 Å². The summed E-state index contributed by atoms with van der Waals surface area (Å²) in [6.07, 6.45) is 19.2. The number of aryl methyl sites for hydroxylation is 1.